The van der Waals surface area contributed by atoms with Crippen LogP contribution in [0.25, 0.3) is 0 Å². The van der Waals surface area contributed by atoms with Crippen LogP contribution in [0.1, 0.15) is 31.7 Å². The zero-order valence-electron chi connectivity index (χ0n) is 13.0. The molecule has 0 saturated carbocycles. The lowest BCUT2D eigenvalue weighted by atomic mass is 9.98. The van der Waals surface area contributed by atoms with Gasteiger partial charge in [0.15, 0.2) is 0 Å². The summed E-state index contributed by atoms with van der Waals surface area (Å²) in [5.74, 6) is 0.690. The zero-order chi connectivity index (χ0) is 15.1. The highest BCUT2D eigenvalue weighted by molar-refractivity contribution is 5.81. The van der Waals surface area contributed by atoms with E-state index in [9.17, 15) is 4.79 Å². The number of benzene rings is 1. The average Bonchev–Trinajstić information content (AvgIpc) is 2.55. The maximum absolute atomic E-state index is 12.3. The number of hydrogen-bond donors (Lipinski definition) is 1. The molecular formula is C17H26N2O2. The predicted octanol–water partition coefficient (Wildman–Crippen LogP) is 2.02. The summed E-state index contributed by atoms with van der Waals surface area (Å²) in [6.45, 7) is 7.77. The van der Waals surface area contributed by atoms with Crippen molar-refractivity contribution in [3.8, 4) is 0 Å². The highest BCUT2D eigenvalue weighted by Crippen LogP contribution is 2.17. The first-order valence-corrected chi connectivity index (χ1v) is 7.83. The number of morpholine rings is 1. The van der Waals surface area contributed by atoms with Gasteiger partial charge < -0.3 is 15.0 Å². The van der Waals surface area contributed by atoms with Gasteiger partial charge in [-0.2, -0.15) is 0 Å². The van der Waals surface area contributed by atoms with E-state index < -0.39 is 0 Å². The molecule has 0 bridgehead atoms. The topological polar surface area (TPSA) is 41.6 Å². The van der Waals surface area contributed by atoms with Crippen molar-refractivity contribution in [2.45, 2.75) is 32.2 Å². The van der Waals surface area contributed by atoms with Crippen molar-refractivity contribution in [1.29, 1.82) is 0 Å². The van der Waals surface area contributed by atoms with Crippen LogP contribution < -0.4 is 5.32 Å². The Bertz CT molecular complexity index is 430. The average molecular weight is 290 g/mol. The second kappa shape index (κ2) is 8.15. The maximum atomic E-state index is 12.3. The largest absolute Gasteiger partial charge is 0.378 e. The van der Waals surface area contributed by atoms with E-state index >= 15 is 0 Å². The van der Waals surface area contributed by atoms with Gasteiger partial charge in [-0.25, -0.2) is 0 Å². The third-order valence-corrected chi connectivity index (χ3v) is 4.09. The van der Waals surface area contributed by atoms with E-state index in [1.54, 1.807) is 0 Å². The van der Waals surface area contributed by atoms with Crippen LogP contribution in [-0.4, -0.2) is 49.7 Å². The van der Waals surface area contributed by atoms with E-state index in [4.69, 9.17) is 4.74 Å². The molecule has 1 aliphatic heterocycles. The Balaban J connectivity index is 1.71. The molecule has 1 amide bonds. The van der Waals surface area contributed by atoms with Crippen molar-refractivity contribution in [2.75, 3.05) is 32.8 Å². The Morgan fingerprint density at radius 2 is 1.90 bits per heavy atom. The number of ether oxygens (including phenoxy) is 1. The molecule has 4 nitrogen and oxygen atoms in total. The fourth-order valence-corrected chi connectivity index (χ4v) is 2.61. The summed E-state index contributed by atoms with van der Waals surface area (Å²) < 4.78 is 5.28. The second-order valence-corrected chi connectivity index (χ2v) is 5.71. The Morgan fingerprint density at radius 1 is 1.24 bits per heavy atom. The van der Waals surface area contributed by atoms with Crippen LogP contribution >= 0.6 is 0 Å². The van der Waals surface area contributed by atoms with E-state index in [2.05, 4.69) is 36.5 Å². The van der Waals surface area contributed by atoms with Gasteiger partial charge in [0, 0.05) is 13.1 Å². The minimum absolute atomic E-state index is 0.119. The van der Waals surface area contributed by atoms with E-state index in [1.165, 1.54) is 5.56 Å². The smallest absolute Gasteiger partial charge is 0.239 e. The van der Waals surface area contributed by atoms with Crippen molar-refractivity contribution < 1.29 is 9.53 Å². The molecule has 1 aromatic carbocycles. The summed E-state index contributed by atoms with van der Waals surface area (Å²) in [6, 6.07) is 10.4. The maximum Gasteiger partial charge on any atom is 0.239 e. The Kier molecular flexibility index (Phi) is 6.21. The molecule has 1 heterocycles. The molecule has 0 aliphatic carbocycles. The predicted molar refractivity (Wildman–Crippen MR) is 84.3 cm³/mol. The molecule has 1 aromatic rings. The molecule has 2 atom stereocenters. The molecule has 1 aliphatic rings. The summed E-state index contributed by atoms with van der Waals surface area (Å²) in [6.07, 6.45) is 1.03. The van der Waals surface area contributed by atoms with Gasteiger partial charge in [0.05, 0.1) is 19.3 Å². The number of carbonyl (C=O) groups excluding carboxylic acids is 1. The second-order valence-electron chi connectivity index (χ2n) is 5.71. The van der Waals surface area contributed by atoms with Crippen molar-refractivity contribution in [3.63, 3.8) is 0 Å². The fraction of sp³-hybridized carbons (Fsp3) is 0.588. The number of rotatable bonds is 6. The van der Waals surface area contributed by atoms with E-state index in [0.29, 0.717) is 32.2 Å². The molecule has 2 unspecified atom stereocenters. The number of carbonyl (C=O) groups is 1. The molecule has 1 saturated heterocycles. The van der Waals surface area contributed by atoms with Crippen LogP contribution in [-0.2, 0) is 9.53 Å². The number of nitrogens with one attached hydrogen (secondary N) is 1. The molecule has 0 radical (unpaired) electrons. The van der Waals surface area contributed by atoms with E-state index in [-0.39, 0.29) is 11.9 Å². The first-order valence-electron chi connectivity index (χ1n) is 7.83. The minimum Gasteiger partial charge on any atom is -0.378 e. The number of hydrogen-bond acceptors (Lipinski definition) is 3. The summed E-state index contributed by atoms with van der Waals surface area (Å²) in [7, 11) is 0. The summed E-state index contributed by atoms with van der Waals surface area (Å²) in [5, 5.41) is 3.35. The molecule has 116 valence electrons. The van der Waals surface area contributed by atoms with Gasteiger partial charge in [-0.3, -0.25) is 4.79 Å². The third-order valence-electron chi connectivity index (χ3n) is 4.09. The molecule has 1 fully saturated rings. The van der Waals surface area contributed by atoms with E-state index in [0.717, 1.165) is 13.0 Å². The van der Waals surface area contributed by atoms with E-state index in [1.807, 2.05) is 17.9 Å². The fourth-order valence-electron chi connectivity index (χ4n) is 2.61. The van der Waals surface area contributed by atoms with Gasteiger partial charge in [0.25, 0.3) is 0 Å². The third kappa shape index (κ3) is 4.83. The SMILES string of the molecule is CC(NCCC(C)c1ccccc1)C(=O)N1CCOCC1. The molecule has 0 spiro atoms. The van der Waals surface area contributed by atoms with Crippen LogP contribution in [0, 0.1) is 0 Å². The first-order chi connectivity index (χ1) is 10.2. The lowest BCUT2D eigenvalue weighted by Crippen LogP contribution is -2.49. The van der Waals surface area contributed by atoms with Crippen LogP contribution in [0.3, 0.4) is 0 Å². The van der Waals surface area contributed by atoms with Gasteiger partial charge in [0.2, 0.25) is 5.91 Å². The highest BCUT2D eigenvalue weighted by Gasteiger charge is 2.21. The van der Waals surface area contributed by atoms with Crippen molar-refractivity contribution in [3.05, 3.63) is 35.9 Å². The Morgan fingerprint density at radius 3 is 2.57 bits per heavy atom. The van der Waals surface area contributed by atoms with Crippen LogP contribution in [0.4, 0.5) is 0 Å². The molecule has 0 aromatic heterocycles. The van der Waals surface area contributed by atoms with Gasteiger partial charge >= 0.3 is 0 Å². The lowest BCUT2D eigenvalue weighted by Gasteiger charge is -2.29. The number of nitrogens with zero attached hydrogens (tertiary/aromatic N) is 1. The molecule has 21 heavy (non-hydrogen) atoms. The van der Waals surface area contributed by atoms with Crippen molar-refractivity contribution in [1.82, 2.24) is 10.2 Å². The summed E-state index contributed by atoms with van der Waals surface area (Å²) in [5.41, 5.74) is 1.35. The minimum atomic E-state index is -0.119. The molecule has 1 N–H and O–H groups in total. The van der Waals surface area contributed by atoms with Gasteiger partial charge in [-0.1, -0.05) is 37.3 Å². The lowest BCUT2D eigenvalue weighted by molar-refractivity contribution is -0.137. The van der Waals surface area contributed by atoms with Gasteiger partial charge in [-0.15, -0.1) is 0 Å². The van der Waals surface area contributed by atoms with Crippen LogP contribution in [0.5, 0.6) is 0 Å². The summed E-state index contributed by atoms with van der Waals surface area (Å²) in [4.78, 5) is 14.1. The summed E-state index contributed by atoms with van der Waals surface area (Å²) >= 11 is 0. The molecular weight excluding hydrogens is 264 g/mol. The normalized spacial score (nSPS) is 18.3. The number of amides is 1. The van der Waals surface area contributed by atoms with Crippen molar-refractivity contribution in [2.24, 2.45) is 0 Å². The first kappa shape index (κ1) is 16.0. The molecule has 2 rings (SSSR count). The highest BCUT2D eigenvalue weighted by atomic mass is 16.5. The Hall–Kier alpha value is -1.39. The Labute approximate surface area is 127 Å². The molecule has 4 heteroatoms. The van der Waals surface area contributed by atoms with Crippen molar-refractivity contribution >= 4 is 5.91 Å². The van der Waals surface area contributed by atoms with Gasteiger partial charge in [-0.05, 0) is 31.4 Å². The monoisotopic (exact) mass is 290 g/mol. The standard InChI is InChI=1S/C17H26N2O2/c1-14(16-6-4-3-5-7-16)8-9-18-15(2)17(20)19-10-12-21-13-11-19/h3-7,14-15,18H,8-13H2,1-2H3. The van der Waals surface area contributed by atoms with Crippen LogP contribution in [0.15, 0.2) is 30.3 Å². The van der Waals surface area contributed by atoms with Gasteiger partial charge in [0.1, 0.15) is 0 Å². The van der Waals surface area contributed by atoms with Crippen LogP contribution in [0.2, 0.25) is 0 Å². The zero-order valence-corrected chi connectivity index (χ0v) is 13.0. The quantitative estimate of drug-likeness (QED) is 0.871.